The fourth-order valence-electron chi connectivity index (χ4n) is 1.26. The Kier molecular flexibility index (Phi) is 8.56. The van der Waals surface area contributed by atoms with Crippen molar-refractivity contribution in [2.24, 2.45) is 0 Å². The summed E-state index contributed by atoms with van der Waals surface area (Å²) in [4.78, 5) is 21.9. The maximum absolute atomic E-state index is 11.0. The standard InChI is InChI=1S/C10H14Br2O4/c11-5-1-3-7(9(13)14)8(10(15)16)4-2-6-12/h1-6H2,(H,13,14)(H,15,16). The van der Waals surface area contributed by atoms with Crippen LogP contribution in [0.25, 0.3) is 0 Å². The van der Waals surface area contributed by atoms with Crippen LogP contribution in [0.4, 0.5) is 0 Å². The Morgan fingerprint density at radius 2 is 1.12 bits per heavy atom. The quantitative estimate of drug-likeness (QED) is 0.517. The van der Waals surface area contributed by atoms with Crippen LogP contribution in [0, 0.1) is 0 Å². The number of aliphatic carboxylic acids is 2. The summed E-state index contributed by atoms with van der Waals surface area (Å²) in [6.07, 6.45) is 1.80. The highest BCUT2D eigenvalue weighted by Gasteiger charge is 2.19. The lowest BCUT2D eigenvalue weighted by molar-refractivity contribution is -0.136. The van der Waals surface area contributed by atoms with Gasteiger partial charge in [0.05, 0.1) is 0 Å². The van der Waals surface area contributed by atoms with E-state index in [1.54, 1.807) is 0 Å². The topological polar surface area (TPSA) is 74.6 Å². The van der Waals surface area contributed by atoms with Crippen LogP contribution in [0.2, 0.25) is 0 Å². The molecule has 0 aliphatic heterocycles. The second-order valence-electron chi connectivity index (χ2n) is 3.15. The van der Waals surface area contributed by atoms with Crippen LogP contribution in [0.3, 0.4) is 0 Å². The Balaban J connectivity index is 4.94. The number of rotatable bonds is 8. The summed E-state index contributed by atoms with van der Waals surface area (Å²) in [5.74, 6) is -2.26. The lowest BCUT2D eigenvalue weighted by Crippen LogP contribution is -2.12. The first-order chi connectivity index (χ1) is 7.54. The van der Waals surface area contributed by atoms with Crippen LogP contribution < -0.4 is 0 Å². The van der Waals surface area contributed by atoms with E-state index in [-0.39, 0.29) is 24.0 Å². The number of carbonyl (C=O) groups is 2. The summed E-state index contributed by atoms with van der Waals surface area (Å²) in [5, 5.41) is 19.3. The summed E-state index contributed by atoms with van der Waals surface area (Å²) >= 11 is 6.39. The molecular formula is C10H14Br2O4. The predicted octanol–water partition coefficient (Wildman–Crippen LogP) is 2.80. The lowest BCUT2D eigenvalue weighted by Gasteiger charge is -2.07. The van der Waals surface area contributed by atoms with E-state index >= 15 is 0 Å². The Hall–Kier alpha value is -0.360. The van der Waals surface area contributed by atoms with Crippen molar-refractivity contribution in [1.82, 2.24) is 0 Å². The minimum atomic E-state index is -1.13. The van der Waals surface area contributed by atoms with Gasteiger partial charge in [-0.05, 0) is 25.7 Å². The number of carboxylic acid groups (broad SMARTS) is 2. The van der Waals surface area contributed by atoms with E-state index in [4.69, 9.17) is 10.2 Å². The first-order valence-corrected chi connectivity index (χ1v) is 7.09. The molecule has 0 amide bonds. The average Bonchev–Trinajstić information content (AvgIpc) is 2.21. The van der Waals surface area contributed by atoms with E-state index in [2.05, 4.69) is 31.9 Å². The van der Waals surface area contributed by atoms with Crippen LogP contribution in [-0.4, -0.2) is 32.8 Å². The van der Waals surface area contributed by atoms with E-state index in [0.29, 0.717) is 23.5 Å². The monoisotopic (exact) mass is 356 g/mol. The van der Waals surface area contributed by atoms with Gasteiger partial charge in [0, 0.05) is 21.8 Å². The number of hydrogen-bond acceptors (Lipinski definition) is 2. The van der Waals surface area contributed by atoms with Crippen molar-refractivity contribution in [3.8, 4) is 0 Å². The van der Waals surface area contributed by atoms with Crippen molar-refractivity contribution in [2.45, 2.75) is 25.7 Å². The van der Waals surface area contributed by atoms with Gasteiger partial charge in [-0.3, -0.25) is 0 Å². The molecule has 92 valence electrons. The maximum Gasteiger partial charge on any atom is 0.332 e. The molecule has 0 aliphatic rings. The second-order valence-corrected chi connectivity index (χ2v) is 4.74. The van der Waals surface area contributed by atoms with Gasteiger partial charge in [0.15, 0.2) is 0 Å². The first-order valence-electron chi connectivity index (χ1n) is 4.85. The number of hydrogen-bond donors (Lipinski definition) is 2. The highest BCUT2D eigenvalue weighted by Crippen LogP contribution is 2.18. The molecule has 0 aliphatic carbocycles. The highest BCUT2D eigenvalue weighted by molar-refractivity contribution is 9.09. The van der Waals surface area contributed by atoms with Crippen molar-refractivity contribution in [3.63, 3.8) is 0 Å². The van der Waals surface area contributed by atoms with Gasteiger partial charge in [-0.15, -0.1) is 0 Å². The molecule has 0 unspecified atom stereocenters. The molecule has 0 saturated carbocycles. The maximum atomic E-state index is 11.0. The normalized spacial score (nSPS) is 12.1. The van der Waals surface area contributed by atoms with Crippen LogP contribution >= 0.6 is 31.9 Å². The van der Waals surface area contributed by atoms with E-state index in [9.17, 15) is 9.59 Å². The van der Waals surface area contributed by atoms with Gasteiger partial charge < -0.3 is 10.2 Å². The van der Waals surface area contributed by atoms with Gasteiger partial charge in [0.1, 0.15) is 0 Å². The zero-order valence-electron chi connectivity index (χ0n) is 8.71. The Labute approximate surface area is 111 Å². The molecule has 6 heteroatoms. The molecule has 0 aromatic heterocycles. The van der Waals surface area contributed by atoms with Crippen molar-refractivity contribution in [2.75, 3.05) is 10.7 Å². The zero-order chi connectivity index (χ0) is 12.6. The largest absolute Gasteiger partial charge is 0.478 e. The van der Waals surface area contributed by atoms with Crippen LogP contribution in [-0.2, 0) is 9.59 Å². The summed E-state index contributed by atoms with van der Waals surface area (Å²) in [7, 11) is 0. The van der Waals surface area contributed by atoms with Crippen LogP contribution in [0.5, 0.6) is 0 Å². The molecule has 0 fully saturated rings. The fourth-order valence-corrected chi connectivity index (χ4v) is 1.82. The summed E-state index contributed by atoms with van der Waals surface area (Å²) in [5.41, 5.74) is 0.0424. The van der Waals surface area contributed by atoms with Crippen molar-refractivity contribution in [3.05, 3.63) is 11.1 Å². The van der Waals surface area contributed by atoms with Crippen molar-refractivity contribution >= 4 is 43.8 Å². The number of halogens is 2. The summed E-state index contributed by atoms with van der Waals surface area (Å²) in [6.45, 7) is 0. The lowest BCUT2D eigenvalue weighted by atomic mass is 10.00. The Morgan fingerprint density at radius 1 is 0.812 bits per heavy atom. The molecular weight excluding hydrogens is 344 g/mol. The van der Waals surface area contributed by atoms with Crippen LogP contribution in [0.15, 0.2) is 11.1 Å². The minimum absolute atomic E-state index is 0.0212. The van der Waals surface area contributed by atoms with Gasteiger partial charge in [0.25, 0.3) is 0 Å². The molecule has 16 heavy (non-hydrogen) atoms. The smallest absolute Gasteiger partial charge is 0.332 e. The molecule has 0 rings (SSSR count). The van der Waals surface area contributed by atoms with Crippen molar-refractivity contribution < 1.29 is 19.8 Å². The average molecular weight is 358 g/mol. The summed E-state index contributed by atoms with van der Waals surface area (Å²) in [6, 6.07) is 0. The molecule has 2 N–H and O–H groups in total. The van der Waals surface area contributed by atoms with Gasteiger partial charge in [-0.2, -0.15) is 0 Å². The molecule has 0 spiro atoms. The molecule has 0 heterocycles. The van der Waals surface area contributed by atoms with E-state index in [1.807, 2.05) is 0 Å². The first kappa shape index (κ1) is 15.6. The Morgan fingerprint density at radius 3 is 1.31 bits per heavy atom. The molecule has 0 radical (unpaired) electrons. The van der Waals surface area contributed by atoms with Crippen molar-refractivity contribution in [1.29, 1.82) is 0 Å². The van der Waals surface area contributed by atoms with Gasteiger partial charge in [-0.25, -0.2) is 9.59 Å². The van der Waals surface area contributed by atoms with Crippen LogP contribution in [0.1, 0.15) is 25.7 Å². The van der Waals surface area contributed by atoms with Gasteiger partial charge in [0.2, 0.25) is 0 Å². The fraction of sp³-hybridized carbons (Fsp3) is 0.600. The number of carboxylic acids is 2. The van der Waals surface area contributed by atoms with Gasteiger partial charge >= 0.3 is 11.9 Å². The third-order valence-electron chi connectivity index (χ3n) is 2.00. The zero-order valence-corrected chi connectivity index (χ0v) is 11.9. The van der Waals surface area contributed by atoms with E-state index in [1.165, 1.54) is 0 Å². The molecule has 4 nitrogen and oxygen atoms in total. The van der Waals surface area contributed by atoms with E-state index < -0.39 is 11.9 Å². The molecule has 0 atom stereocenters. The molecule has 0 saturated heterocycles. The van der Waals surface area contributed by atoms with Gasteiger partial charge in [-0.1, -0.05) is 31.9 Å². The number of alkyl halides is 2. The SMILES string of the molecule is O=C(O)C(CCCBr)=C(CCCBr)C(=O)O. The summed E-state index contributed by atoms with van der Waals surface area (Å²) < 4.78 is 0. The highest BCUT2D eigenvalue weighted by atomic mass is 79.9. The molecule has 0 aromatic carbocycles. The third-order valence-corrected chi connectivity index (χ3v) is 3.12. The minimum Gasteiger partial charge on any atom is -0.478 e. The third kappa shape index (κ3) is 5.65. The molecule has 0 aromatic rings. The molecule has 0 bridgehead atoms. The second kappa shape index (κ2) is 8.75. The Bertz CT molecular complexity index is 259. The predicted molar refractivity (Wildman–Crippen MR) is 68.4 cm³/mol. The van der Waals surface area contributed by atoms with E-state index in [0.717, 1.165) is 0 Å².